The lowest BCUT2D eigenvalue weighted by atomic mass is 9.84. The van der Waals surface area contributed by atoms with Gasteiger partial charge in [0.15, 0.2) is 0 Å². The molecule has 2 fully saturated rings. The molecule has 0 unspecified atom stereocenters. The fraction of sp³-hybridized carbons (Fsp3) is 0.857. The van der Waals surface area contributed by atoms with Crippen LogP contribution in [0.1, 0.15) is 46.0 Å². The van der Waals surface area contributed by atoms with Crippen LogP contribution in [-0.4, -0.2) is 35.8 Å². The maximum atomic E-state index is 12.1. The Bertz CT molecular complexity index is 316. The summed E-state index contributed by atoms with van der Waals surface area (Å²) < 4.78 is 0. The van der Waals surface area contributed by atoms with Crippen molar-refractivity contribution in [3.05, 3.63) is 0 Å². The monoisotopic (exact) mass is 252 g/mol. The standard InChI is InChI=1S/C14H24N2O2/c1-10(2)13(17)15-12-6-8-16(9-7-12)14(18)11-4-3-5-11/h10-12H,3-9H2,1-2H3,(H,15,17). The van der Waals surface area contributed by atoms with Crippen LogP contribution in [0.3, 0.4) is 0 Å². The molecule has 0 radical (unpaired) electrons. The summed E-state index contributed by atoms with van der Waals surface area (Å²) >= 11 is 0. The van der Waals surface area contributed by atoms with Crippen molar-refractivity contribution in [3.63, 3.8) is 0 Å². The highest BCUT2D eigenvalue weighted by atomic mass is 16.2. The molecule has 1 aliphatic carbocycles. The number of rotatable bonds is 3. The zero-order valence-corrected chi connectivity index (χ0v) is 11.4. The lowest BCUT2D eigenvalue weighted by Gasteiger charge is -2.36. The third kappa shape index (κ3) is 3.03. The van der Waals surface area contributed by atoms with E-state index in [0.717, 1.165) is 38.8 Å². The Morgan fingerprint density at radius 3 is 2.17 bits per heavy atom. The lowest BCUT2D eigenvalue weighted by Crippen LogP contribution is -2.49. The minimum atomic E-state index is 0.0413. The van der Waals surface area contributed by atoms with Crippen molar-refractivity contribution >= 4 is 11.8 Å². The molecule has 0 spiro atoms. The van der Waals surface area contributed by atoms with E-state index >= 15 is 0 Å². The van der Waals surface area contributed by atoms with Crippen molar-refractivity contribution in [3.8, 4) is 0 Å². The first-order valence-electron chi connectivity index (χ1n) is 7.17. The van der Waals surface area contributed by atoms with Crippen LogP contribution in [0.2, 0.25) is 0 Å². The number of carbonyl (C=O) groups excluding carboxylic acids is 2. The topological polar surface area (TPSA) is 49.4 Å². The van der Waals surface area contributed by atoms with Gasteiger partial charge in [0.1, 0.15) is 0 Å². The number of hydrogen-bond donors (Lipinski definition) is 1. The van der Waals surface area contributed by atoms with Crippen molar-refractivity contribution in [1.82, 2.24) is 10.2 Å². The summed E-state index contributed by atoms with van der Waals surface area (Å²) in [5, 5.41) is 3.06. The molecule has 2 rings (SSSR count). The van der Waals surface area contributed by atoms with E-state index in [9.17, 15) is 9.59 Å². The van der Waals surface area contributed by atoms with E-state index in [4.69, 9.17) is 0 Å². The van der Waals surface area contributed by atoms with Crippen molar-refractivity contribution in [2.45, 2.75) is 52.0 Å². The van der Waals surface area contributed by atoms with Crippen LogP contribution in [-0.2, 0) is 9.59 Å². The minimum absolute atomic E-state index is 0.0413. The largest absolute Gasteiger partial charge is 0.353 e. The van der Waals surface area contributed by atoms with Crippen LogP contribution in [0.4, 0.5) is 0 Å². The van der Waals surface area contributed by atoms with E-state index < -0.39 is 0 Å². The van der Waals surface area contributed by atoms with Gasteiger partial charge in [-0.15, -0.1) is 0 Å². The van der Waals surface area contributed by atoms with E-state index in [-0.39, 0.29) is 17.9 Å². The molecule has 4 heteroatoms. The number of hydrogen-bond acceptors (Lipinski definition) is 2. The molecular formula is C14H24N2O2. The van der Waals surface area contributed by atoms with E-state index in [1.165, 1.54) is 6.42 Å². The third-order valence-electron chi connectivity index (χ3n) is 4.13. The average molecular weight is 252 g/mol. The first-order chi connectivity index (χ1) is 8.58. The molecule has 0 aromatic rings. The molecule has 102 valence electrons. The van der Waals surface area contributed by atoms with Gasteiger partial charge in [-0.2, -0.15) is 0 Å². The fourth-order valence-electron chi connectivity index (χ4n) is 2.53. The lowest BCUT2D eigenvalue weighted by molar-refractivity contribution is -0.139. The summed E-state index contributed by atoms with van der Waals surface area (Å²) in [6.07, 6.45) is 5.15. The highest BCUT2D eigenvalue weighted by Crippen LogP contribution is 2.29. The van der Waals surface area contributed by atoms with E-state index in [2.05, 4.69) is 5.32 Å². The number of nitrogens with zero attached hydrogens (tertiary/aromatic N) is 1. The number of piperidine rings is 1. The van der Waals surface area contributed by atoms with Crippen molar-refractivity contribution in [2.24, 2.45) is 11.8 Å². The highest BCUT2D eigenvalue weighted by Gasteiger charge is 2.31. The average Bonchev–Trinajstić information content (AvgIpc) is 2.27. The van der Waals surface area contributed by atoms with E-state index in [1.807, 2.05) is 18.7 Å². The molecular weight excluding hydrogens is 228 g/mol. The van der Waals surface area contributed by atoms with E-state index in [0.29, 0.717) is 11.8 Å². The van der Waals surface area contributed by atoms with Crippen LogP contribution >= 0.6 is 0 Å². The molecule has 0 atom stereocenters. The third-order valence-corrected chi connectivity index (χ3v) is 4.13. The molecule has 1 N–H and O–H groups in total. The van der Waals surface area contributed by atoms with Crippen LogP contribution in [0.15, 0.2) is 0 Å². The molecule has 0 bridgehead atoms. The normalized spacial score (nSPS) is 21.8. The van der Waals surface area contributed by atoms with Gasteiger partial charge >= 0.3 is 0 Å². The smallest absolute Gasteiger partial charge is 0.225 e. The summed E-state index contributed by atoms with van der Waals surface area (Å²) in [6, 6.07) is 0.255. The summed E-state index contributed by atoms with van der Waals surface area (Å²) in [6.45, 7) is 5.42. The second-order valence-corrected chi connectivity index (χ2v) is 5.89. The molecule has 1 saturated carbocycles. The fourth-order valence-corrected chi connectivity index (χ4v) is 2.53. The Morgan fingerprint density at radius 1 is 1.11 bits per heavy atom. The van der Waals surface area contributed by atoms with Crippen molar-refractivity contribution in [1.29, 1.82) is 0 Å². The Kier molecular flexibility index (Phi) is 4.25. The quantitative estimate of drug-likeness (QED) is 0.828. The Labute approximate surface area is 109 Å². The molecule has 4 nitrogen and oxygen atoms in total. The molecule has 1 saturated heterocycles. The van der Waals surface area contributed by atoms with Crippen LogP contribution in [0.5, 0.6) is 0 Å². The van der Waals surface area contributed by atoms with Gasteiger partial charge in [-0.05, 0) is 25.7 Å². The maximum absolute atomic E-state index is 12.1. The van der Waals surface area contributed by atoms with Crippen LogP contribution in [0.25, 0.3) is 0 Å². The van der Waals surface area contributed by atoms with Gasteiger partial charge < -0.3 is 10.2 Å². The summed E-state index contributed by atoms with van der Waals surface area (Å²) in [4.78, 5) is 25.6. The molecule has 18 heavy (non-hydrogen) atoms. The molecule has 1 heterocycles. The zero-order valence-electron chi connectivity index (χ0n) is 11.4. The van der Waals surface area contributed by atoms with Gasteiger partial charge in [-0.25, -0.2) is 0 Å². The maximum Gasteiger partial charge on any atom is 0.225 e. The molecule has 1 aliphatic heterocycles. The van der Waals surface area contributed by atoms with Gasteiger partial charge in [0, 0.05) is 31.0 Å². The minimum Gasteiger partial charge on any atom is -0.353 e. The Morgan fingerprint density at radius 2 is 1.72 bits per heavy atom. The summed E-state index contributed by atoms with van der Waals surface area (Å²) in [5.74, 6) is 0.806. The van der Waals surface area contributed by atoms with Gasteiger partial charge in [0.2, 0.25) is 11.8 Å². The summed E-state index contributed by atoms with van der Waals surface area (Å²) in [7, 11) is 0. The van der Waals surface area contributed by atoms with Gasteiger partial charge in [0.05, 0.1) is 0 Å². The van der Waals surface area contributed by atoms with E-state index in [1.54, 1.807) is 0 Å². The zero-order chi connectivity index (χ0) is 13.1. The van der Waals surface area contributed by atoms with Gasteiger partial charge in [-0.1, -0.05) is 20.3 Å². The predicted octanol–water partition coefficient (Wildman–Crippen LogP) is 1.55. The van der Waals surface area contributed by atoms with Crippen molar-refractivity contribution in [2.75, 3.05) is 13.1 Å². The SMILES string of the molecule is CC(C)C(=O)NC1CCN(C(=O)C2CCC2)CC1. The Balaban J connectivity index is 1.74. The first-order valence-corrected chi connectivity index (χ1v) is 7.17. The Hall–Kier alpha value is -1.06. The molecule has 0 aromatic heterocycles. The van der Waals surface area contributed by atoms with Gasteiger partial charge in [-0.3, -0.25) is 9.59 Å². The highest BCUT2D eigenvalue weighted by molar-refractivity contribution is 5.80. The number of amides is 2. The van der Waals surface area contributed by atoms with Crippen LogP contribution < -0.4 is 5.32 Å². The predicted molar refractivity (Wildman–Crippen MR) is 69.9 cm³/mol. The van der Waals surface area contributed by atoms with Crippen molar-refractivity contribution < 1.29 is 9.59 Å². The number of nitrogens with one attached hydrogen (secondary N) is 1. The second-order valence-electron chi connectivity index (χ2n) is 5.89. The first kappa shape index (κ1) is 13.4. The van der Waals surface area contributed by atoms with Gasteiger partial charge in [0.25, 0.3) is 0 Å². The summed E-state index contributed by atoms with van der Waals surface area (Å²) in [5.41, 5.74) is 0. The number of carbonyl (C=O) groups is 2. The molecule has 2 aliphatic rings. The second kappa shape index (κ2) is 5.72. The molecule has 2 amide bonds. The molecule has 0 aromatic carbocycles. The van der Waals surface area contributed by atoms with Crippen LogP contribution in [0, 0.1) is 11.8 Å². The number of likely N-dealkylation sites (tertiary alicyclic amines) is 1.